The monoisotopic (exact) mass is 326 g/mol. The molecule has 0 spiro atoms. The van der Waals surface area contributed by atoms with Gasteiger partial charge in [-0.1, -0.05) is 29.8 Å². The number of hydrogen-bond acceptors (Lipinski definition) is 3. The maximum atomic E-state index is 13.4. The van der Waals surface area contributed by atoms with Crippen LogP contribution in [-0.4, -0.2) is 14.8 Å². The Morgan fingerprint density at radius 2 is 2.11 bits per heavy atom. The molecular weight excluding hydrogens is 311 g/mol. The van der Waals surface area contributed by atoms with Crippen LogP contribution < -0.4 is 5.73 Å². The molecule has 0 bridgehead atoms. The number of aromatic nitrogens is 3. The second kappa shape index (κ2) is 5.79. The van der Waals surface area contributed by atoms with Gasteiger partial charge in [-0.15, -0.1) is 10.2 Å². The van der Waals surface area contributed by atoms with Crippen molar-refractivity contribution in [1.29, 1.82) is 0 Å². The summed E-state index contributed by atoms with van der Waals surface area (Å²) in [6.07, 6.45) is 0. The van der Waals surface area contributed by atoms with Gasteiger partial charge in [0.15, 0.2) is 5.82 Å². The summed E-state index contributed by atoms with van der Waals surface area (Å²) >= 11 is 3.42. The topological polar surface area (TPSA) is 56.7 Å². The number of halogens is 2. The molecule has 0 aliphatic rings. The van der Waals surface area contributed by atoms with Crippen molar-refractivity contribution >= 4 is 15.9 Å². The first-order valence-electron chi connectivity index (χ1n) is 6.10. The largest absolute Gasteiger partial charge is 0.324 e. The summed E-state index contributed by atoms with van der Waals surface area (Å²) in [6, 6.07) is 4.52. The molecule has 0 saturated heterocycles. The normalized spacial score (nSPS) is 11.3. The number of nitrogens with two attached hydrogens (primary N) is 1. The van der Waals surface area contributed by atoms with E-state index in [2.05, 4.69) is 40.0 Å². The smallest absolute Gasteiger partial charge is 0.165 e. The SMILES string of the molecule is CC(C)Cn1c(CN)nnc1-c1cc(F)ccc1Br. The van der Waals surface area contributed by atoms with E-state index in [1.165, 1.54) is 12.1 Å². The molecule has 0 amide bonds. The highest BCUT2D eigenvalue weighted by Gasteiger charge is 2.16. The standard InChI is InChI=1S/C13H16BrFN4/c1-8(2)7-19-12(6-16)17-18-13(19)10-5-9(15)3-4-11(10)14/h3-5,8H,6-7,16H2,1-2H3. The van der Waals surface area contributed by atoms with Crippen molar-refractivity contribution in [1.82, 2.24) is 14.8 Å². The van der Waals surface area contributed by atoms with Gasteiger partial charge in [-0.3, -0.25) is 0 Å². The van der Waals surface area contributed by atoms with Gasteiger partial charge in [0, 0.05) is 16.6 Å². The number of rotatable bonds is 4. The maximum absolute atomic E-state index is 13.4. The van der Waals surface area contributed by atoms with Gasteiger partial charge in [-0.2, -0.15) is 0 Å². The Balaban J connectivity index is 2.55. The van der Waals surface area contributed by atoms with E-state index in [0.29, 0.717) is 29.7 Å². The van der Waals surface area contributed by atoms with Crippen molar-refractivity contribution in [2.75, 3.05) is 0 Å². The summed E-state index contributed by atoms with van der Waals surface area (Å²) in [7, 11) is 0. The zero-order valence-corrected chi connectivity index (χ0v) is 12.5. The summed E-state index contributed by atoms with van der Waals surface area (Å²) in [4.78, 5) is 0. The van der Waals surface area contributed by atoms with Crippen LogP contribution in [0, 0.1) is 11.7 Å². The predicted molar refractivity (Wildman–Crippen MR) is 75.8 cm³/mol. The molecule has 2 rings (SSSR count). The van der Waals surface area contributed by atoms with Crippen LogP contribution in [0.4, 0.5) is 4.39 Å². The number of nitrogens with zero attached hydrogens (tertiary/aromatic N) is 3. The van der Waals surface area contributed by atoms with Crippen LogP contribution in [0.5, 0.6) is 0 Å². The maximum Gasteiger partial charge on any atom is 0.165 e. The Morgan fingerprint density at radius 1 is 1.37 bits per heavy atom. The molecule has 0 unspecified atom stereocenters. The second-order valence-corrected chi connectivity index (χ2v) is 5.63. The van der Waals surface area contributed by atoms with E-state index in [1.807, 2.05) is 4.57 Å². The van der Waals surface area contributed by atoms with Crippen LogP contribution in [0.2, 0.25) is 0 Å². The molecule has 1 heterocycles. The third-order valence-corrected chi connectivity index (χ3v) is 3.42. The lowest BCUT2D eigenvalue weighted by molar-refractivity contribution is 0.510. The first kappa shape index (κ1) is 14.1. The van der Waals surface area contributed by atoms with Crippen LogP contribution in [-0.2, 0) is 13.1 Å². The van der Waals surface area contributed by atoms with Crippen molar-refractivity contribution in [3.63, 3.8) is 0 Å². The van der Waals surface area contributed by atoms with Crippen LogP contribution in [0.1, 0.15) is 19.7 Å². The first-order valence-corrected chi connectivity index (χ1v) is 6.89. The predicted octanol–water partition coefficient (Wildman–Crippen LogP) is 2.96. The fourth-order valence-corrected chi connectivity index (χ4v) is 2.34. The molecule has 1 aromatic carbocycles. The first-order chi connectivity index (χ1) is 9.02. The van der Waals surface area contributed by atoms with E-state index in [0.717, 1.165) is 11.0 Å². The zero-order chi connectivity index (χ0) is 14.0. The summed E-state index contributed by atoms with van der Waals surface area (Å²) < 4.78 is 16.1. The summed E-state index contributed by atoms with van der Waals surface area (Å²) in [6.45, 7) is 5.26. The fraction of sp³-hybridized carbons (Fsp3) is 0.385. The van der Waals surface area contributed by atoms with E-state index < -0.39 is 0 Å². The Bertz CT molecular complexity index is 580. The van der Waals surface area contributed by atoms with Gasteiger partial charge in [0.05, 0.1) is 6.54 Å². The summed E-state index contributed by atoms with van der Waals surface area (Å²) in [5.41, 5.74) is 6.36. The molecule has 4 nitrogen and oxygen atoms in total. The molecule has 6 heteroatoms. The molecule has 2 N–H and O–H groups in total. The highest BCUT2D eigenvalue weighted by Crippen LogP contribution is 2.28. The molecule has 2 aromatic rings. The molecule has 0 radical (unpaired) electrons. The van der Waals surface area contributed by atoms with Gasteiger partial charge in [0.25, 0.3) is 0 Å². The molecular formula is C13H16BrFN4. The molecule has 102 valence electrons. The van der Waals surface area contributed by atoms with E-state index in [1.54, 1.807) is 6.07 Å². The third kappa shape index (κ3) is 3.01. The van der Waals surface area contributed by atoms with Crippen molar-refractivity contribution in [3.8, 4) is 11.4 Å². The van der Waals surface area contributed by atoms with Gasteiger partial charge in [0.2, 0.25) is 0 Å². The van der Waals surface area contributed by atoms with Crippen LogP contribution in [0.25, 0.3) is 11.4 Å². The second-order valence-electron chi connectivity index (χ2n) is 4.77. The summed E-state index contributed by atoms with van der Waals surface area (Å²) in [5.74, 6) is 1.47. The van der Waals surface area contributed by atoms with Crippen LogP contribution in [0.3, 0.4) is 0 Å². The highest BCUT2D eigenvalue weighted by atomic mass is 79.9. The number of benzene rings is 1. The molecule has 0 saturated carbocycles. The van der Waals surface area contributed by atoms with Crippen molar-refractivity contribution < 1.29 is 4.39 Å². The van der Waals surface area contributed by atoms with Crippen LogP contribution in [0.15, 0.2) is 22.7 Å². The molecule has 0 aliphatic carbocycles. The minimum atomic E-state index is -0.299. The van der Waals surface area contributed by atoms with Crippen molar-refractivity contribution in [2.24, 2.45) is 11.7 Å². The average Bonchev–Trinajstić information content (AvgIpc) is 2.74. The average molecular weight is 327 g/mol. The highest BCUT2D eigenvalue weighted by molar-refractivity contribution is 9.10. The van der Waals surface area contributed by atoms with E-state index in [9.17, 15) is 4.39 Å². The van der Waals surface area contributed by atoms with Crippen LogP contribution >= 0.6 is 15.9 Å². The Labute approximate surface area is 120 Å². The fourth-order valence-electron chi connectivity index (χ4n) is 1.91. The van der Waals surface area contributed by atoms with E-state index >= 15 is 0 Å². The zero-order valence-electron chi connectivity index (χ0n) is 10.9. The van der Waals surface area contributed by atoms with Gasteiger partial charge in [0.1, 0.15) is 11.6 Å². The van der Waals surface area contributed by atoms with Gasteiger partial charge in [-0.25, -0.2) is 4.39 Å². The Hall–Kier alpha value is -1.27. The quantitative estimate of drug-likeness (QED) is 0.939. The van der Waals surface area contributed by atoms with Crippen molar-refractivity contribution in [2.45, 2.75) is 26.9 Å². The molecule has 19 heavy (non-hydrogen) atoms. The lowest BCUT2D eigenvalue weighted by atomic mass is 10.2. The van der Waals surface area contributed by atoms with E-state index in [4.69, 9.17) is 5.73 Å². The molecule has 0 aliphatic heterocycles. The molecule has 1 aromatic heterocycles. The minimum absolute atomic E-state index is 0.299. The van der Waals surface area contributed by atoms with Crippen molar-refractivity contribution in [3.05, 3.63) is 34.3 Å². The Kier molecular flexibility index (Phi) is 4.31. The third-order valence-electron chi connectivity index (χ3n) is 2.73. The molecule has 0 atom stereocenters. The van der Waals surface area contributed by atoms with Gasteiger partial charge < -0.3 is 10.3 Å². The lowest BCUT2D eigenvalue weighted by Crippen LogP contribution is -2.13. The minimum Gasteiger partial charge on any atom is -0.324 e. The Morgan fingerprint density at radius 3 is 2.74 bits per heavy atom. The van der Waals surface area contributed by atoms with E-state index in [-0.39, 0.29) is 5.82 Å². The lowest BCUT2D eigenvalue weighted by Gasteiger charge is -2.12. The summed E-state index contributed by atoms with van der Waals surface area (Å²) in [5, 5.41) is 8.23. The van der Waals surface area contributed by atoms with Gasteiger partial charge in [-0.05, 0) is 24.1 Å². The van der Waals surface area contributed by atoms with Gasteiger partial charge >= 0.3 is 0 Å². The molecule has 0 fully saturated rings. The number of hydrogen-bond donors (Lipinski definition) is 1.